The largest absolute Gasteiger partial charge is 0.393 e. The highest BCUT2D eigenvalue weighted by Gasteiger charge is 2.25. The summed E-state index contributed by atoms with van der Waals surface area (Å²) in [6, 6.07) is 8.02. The lowest BCUT2D eigenvalue weighted by atomic mass is 9.92. The number of hydrogen-bond acceptors (Lipinski definition) is 3. The molecule has 1 fully saturated rings. The van der Waals surface area contributed by atoms with Crippen LogP contribution in [0.2, 0.25) is 0 Å². The fraction of sp³-hybridized carbons (Fsp3) is 0.588. The van der Waals surface area contributed by atoms with Crippen LogP contribution < -0.4 is 5.32 Å². The van der Waals surface area contributed by atoms with E-state index in [-0.39, 0.29) is 12.1 Å². The van der Waals surface area contributed by atoms with Gasteiger partial charge in [-0.3, -0.25) is 0 Å². The second-order valence-electron chi connectivity index (χ2n) is 5.97. The highest BCUT2D eigenvalue weighted by atomic mass is 16.5. The zero-order valence-corrected chi connectivity index (χ0v) is 13.4. The number of nitrogens with zero attached hydrogens (tertiary/aromatic N) is 1. The van der Waals surface area contributed by atoms with Crippen molar-refractivity contribution < 1.29 is 14.6 Å². The van der Waals surface area contributed by atoms with Crippen molar-refractivity contribution in [3.63, 3.8) is 0 Å². The Morgan fingerprint density at radius 1 is 1.32 bits per heavy atom. The molecule has 22 heavy (non-hydrogen) atoms. The molecule has 0 aliphatic carbocycles. The van der Waals surface area contributed by atoms with E-state index in [0.717, 1.165) is 24.0 Å². The van der Waals surface area contributed by atoms with Crippen molar-refractivity contribution in [1.29, 1.82) is 0 Å². The van der Waals surface area contributed by atoms with E-state index in [1.54, 1.807) is 7.11 Å². The maximum atomic E-state index is 12.1. The minimum Gasteiger partial charge on any atom is -0.393 e. The van der Waals surface area contributed by atoms with E-state index in [0.29, 0.717) is 32.2 Å². The first-order valence-corrected chi connectivity index (χ1v) is 7.87. The third-order valence-corrected chi connectivity index (χ3v) is 4.29. The van der Waals surface area contributed by atoms with Crippen LogP contribution in [0.4, 0.5) is 4.79 Å². The van der Waals surface area contributed by atoms with E-state index in [1.165, 1.54) is 0 Å². The molecule has 122 valence electrons. The third-order valence-electron chi connectivity index (χ3n) is 4.29. The molecule has 1 unspecified atom stereocenters. The number of benzene rings is 1. The molecule has 1 heterocycles. The van der Waals surface area contributed by atoms with Gasteiger partial charge in [0.2, 0.25) is 0 Å². The first-order chi connectivity index (χ1) is 10.6. The van der Waals surface area contributed by atoms with Gasteiger partial charge in [0.1, 0.15) is 0 Å². The lowest BCUT2D eigenvalue weighted by Crippen LogP contribution is -2.45. The molecule has 0 radical (unpaired) electrons. The highest BCUT2D eigenvalue weighted by Crippen LogP contribution is 2.20. The molecule has 2 N–H and O–H groups in total. The highest BCUT2D eigenvalue weighted by molar-refractivity contribution is 5.74. The van der Waals surface area contributed by atoms with Crippen LogP contribution in [0.5, 0.6) is 0 Å². The molecule has 0 spiro atoms. The molecule has 2 amide bonds. The summed E-state index contributed by atoms with van der Waals surface area (Å²) in [5.41, 5.74) is 2.20. The smallest absolute Gasteiger partial charge is 0.317 e. The van der Waals surface area contributed by atoms with Crippen molar-refractivity contribution in [3.8, 4) is 0 Å². The van der Waals surface area contributed by atoms with Gasteiger partial charge in [0.15, 0.2) is 0 Å². The van der Waals surface area contributed by atoms with Crippen LogP contribution >= 0.6 is 0 Å². The number of urea groups is 1. The normalized spacial score (nSPS) is 17.3. The fourth-order valence-electron chi connectivity index (χ4n) is 2.79. The van der Waals surface area contributed by atoms with Gasteiger partial charge in [-0.1, -0.05) is 24.3 Å². The van der Waals surface area contributed by atoms with Gasteiger partial charge in [-0.25, -0.2) is 4.79 Å². The van der Waals surface area contributed by atoms with Crippen LogP contribution in [0.3, 0.4) is 0 Å². The number of methoxy groups -OCH3 is 1. The van der Waals surface area contributed by atoms with E-state index in [1.807, 2.05) is 36.1 Å². The Morgan fingerprint density at radius 3 is 2.45 bits per heavy atom. The number of carbonyl (C=O) groups is 1. The molecule has 1 atom stereocenters. The minimum atomic E-state index is -0.282. The molecule has 0 bridgehead atoms. The zero-order valence-electron chi connectivity index (χ0n) is 13.4. The second kappa shape index (κ2) is 8.15. The number of rotatable bonds is 5. The lowest BCUT2D eigenvalue weighted by Gasteiger charge is -2.33. The Labute approximate surface area is 132 Å². The summed E-state index contributed by atoms with van der Waals surface area (Å²) >= 11 is 0. The van der Waals surface area contributed by atoms with Gasteiger partial charge in [-0.05, 0) is 36.8 Å². The van der Waals surface area contributed by atoms with E-state index in [9.17, 15) is 9.90 Å². The molecule has 1 aliphatic heterocycles. The van der Waals surface area contributed by atoms with Crippen molar-refractivity contribution in [2.75, 3.05) is 20.2 Å². The minimum absolute atomic E-state index is 0.0231. The number of likely N-dealkylation sites (tertiary alicyclic amines) is 1. The van der Waals surface area contributed by atoms with Gasteiger partial charge in [0.05, 0.1) is 12.7 Å². The molecule has 1 aromatic rings. The Balaban J connectivity index is 1.76. The lowest BCUT2D eigenvalue weighted by molar-refractivity contribution is 0.0798. The number of amides is 2. The van der Waals surface area contributed by atoms with Gasteiger partial charge >= 0.3 is 6.03 Å². The van der Waals surface area contributed by atoms with E-state index >= 15 is 0 Å². The van der Waals surface area contributed by atoms with E-state index in [2.05, 4.69) is 5.32 Å². The summed E-state index contributed by atoms with van der Waals surface area (Å²) in [5, 5.41) is 12.5. The molecule has 0 saturated carbocycles. The van der Waals surface area contributed by atoms with Gasteiger partial charge in [-0.2, -0.15) is 0 Å². The topological polar surface area (TPSA) is 61.8 Å². The standard InChI is InChI=1S/C17H26N2O3/c1-13(20)16-7-9-19(10-8-16)17(21)18-11-14-3-5-15(6-4-14)12-22-2/h3-6,13,16,20H,7-12H2,1-2H3,(H,18,21). The van der Waals surface area contributed by atoms with E-state index in [4.69, 9.17) is 4.74 Å². The second-order valence-corrected chi connectivity index (χ2v) is 5.97. The van der Waals surface area contributed by atoms with Crippen molar-refractivity contribution >= 4 is 6.03 Å². The van der Waals surface area contributed by atoms with Crippen LogP contribution in [0.25, 0.3) is 0 Å². The summed E-state index contributed by atoms with van der Waals surface area (Å²) in [6.07, 6.45) is 1.46. The van der Waals surface area contributed by atoms with Gasteiger partial charge in [-0.15, -0.1) is 0 Å². The number of nitrogens with one attached hydrogen (secondary N) is 1. The summed E-state index contributed by atoms with van der Waals surface area (Å²) in [7, 11) is 1.68. The Morgan fingerprint density at radius 2 is 1.91 bits per heavy atom. The average Bonchev–Trinajstić information content (AvgIpc) is 2.54. The molecule has 1 aromatic carbocycles. The predicted molar refractivity (Wildman–Crippen MR) is 85.4 cm³/mol. The Kier molecular flexibility index (Phi) is 6.21. The predicted octanol–water partition coefficient (Wildman–Crippen LogP) is 2.14. The summed E-state index contributed by atoms with van der Waals surface area (Å²) < 4.78 is 5.08. The summed E-state index contributed by atoms with van der Waals surface area (Å²) in [4.78, 5) is 14.0. The maximum absolute atomic E-state index is 12.1. The monoisotopic (exact) mass is 306 g/mol. The zero-order chi connectivity index (χ0) is 15.9. The van der Waals surface area contributed by atoms with Crippen molar-refractivity contribution in [3.05, 3.63) is 35.4 Å². The molecular weight excluding hydrogens is 280 g/mol. The maximum Gasteiger partial charge on any atom is 0.317 e. The number of aliphatic hydroxyl groups is 1. The number of carbonyl (C=O) groups excluding carboxylic acids is 1. The molecule has 5 nitrogen and oxygen atoms in total. The molecular formula is C17H26N2O3. The van der Waals surface area contributed by atoms with Crippen LogP contribution in [0.1, 0.15) is 30.9 Å². The van der Waals surface area contributed by atoms with Gasteiger partial charge in [0, 0.05) is 26.7 Å². The van der Waals surface area contributed by atoms with Crippen molar-refractivity contribution in [2.45, 2.75) is 39.0 Å². The van der Waals surface area contributed by atoms with Crippen LogP contribution in [-0.2, 0) is 17.9 Å². The van der Waals surface area contributed by atoms with Gasteiger partial charge in [0.25, 0.3) is 0 Å². The number of piperidine rings is 1. The average molecular weight is 306 g/mol. The first-order valence-electron chi connectivity index (χ1n) is 7.87. The SMILES string of the molecule is COCc1ccc(CNC(=O)N2CCC(C(C)O)CC2)cc1. The summed E-state index contributed by atoms with van der Waals surface area (Å²) in [6.45, 7) is 4.39. The molecule has 1 saturated heterocycles. The molecule has 5 heteroatoms. The van der Waals surface area contributed by atoms with Gasteiger partial charge < -0.3 is 20.1 Å². The molecule has 2 rings (SSSR count). The summed E-state index contributed by atoms with van der Waals surface area (Å²) in [5.74, 6) is 0.317. The quantitative estimate of drug-likeness (QED) is 0.876. The number of ether oxygens (including phenoxy) is 1. The number of hydrogen-bond donors (Lipinski definition) is 2. The number of aliphatic hydroxyl groups excluding tert-OH is 1. The molecule has 1 aliphatic rings. The first kappa shape index (κ1) is 16.8. The Hall–Kier alpha value is -1.59. The van der Waals surface area contributed by atoms with Crippen LogP contribution in [0.15, 0.2) is 24.3 Å². The van der Waals surface area contributed by atoms with E-state index < -0.39 is 0 Å². The fourth-order valence-corrected chi connectivity index (χ4v) is 2.79. The van der Waals surface area contributed by atoms with Crippen LogP contribution in [0, 0.1) is 5.92 Å². The Bertz CT molecular complexity index is 465. The van der Waals surface area contributed by atoms with Crippen molar-refractivity contribution in [1.82, 2.24) is 10.2 Å². The van der Waals surface area contributed by atoms with Crippen LogP contribution in [-0.4, -0.2) is 42.3 Å². The third kappa shape index (κ3) is 4.71. The molecule has 0 aromatic heterocycles. The van der Waals surface area contributed by atoms with Crippen molar-refractivity contribution in [2.24, 2.45) is 5.92 Å².